The number of nitrogens with one attached hydrogen (secondary N) is 1. The molecule has 0 spiro atoms. The Morgan fingerprint density at radius 2 is 1.84 bits per heavy atom. The lowest BCUT2D eigenvalue weighted by Crippen LogP contribution is -2.48. The number of piperidine rings is 1. The molecule has 0 aromatic rings. The second kappa shape index (κ2) is 6.55. The molecule has 3 atom stereocenters. The molecule has 0 aromatic carbocycles. The average Bonchev–Trinajstić information content (AvgIpc) is 2.85. The van der Waals surface area contributed by atoms with Gasteiger partial charge in [0.25, 0.3) is 0 Å². The van der Waals surface area contributed by atoms with Gasteiger partial charge in [-0.15, -0.1) is 0 Å². The van der Waals surface area contributed by atoms with Crippen LogP contribution in [0.4, 0.5) is 0 Å². The highest BCUT2D eigenvalue weighted by atomic mass is 32.2. The Kier molecular flexibility index (Phi) is 5.26. The minimum atomic E-state index is -2.90. The molecule has 1 N–H and O–H groups in total. The van der Waals surface area contributed by atoms with Crippen LogP contribution in [0.15, 0.2) is 0 Å². The van der Waals surface area contributed by atoms with Gasteiger partial charge in [-0.25, -0.2) is 8.42 Å². The third-order valence-corrected chi connectivity index (χ3v) is 6.36. The van der Waals surface area contributed by atoms with Crippen molar-refractivity contribution in [2.24, 2.45) is 0 Å². The molecule has 5 heteroatoms. The number of sulfone groups is 1. The van der Waals surface area contributed by atoms with Gasteiger partial charge < -0.3 is 5.32 Å². The van der Waals surface area contributed by atoms with Gasteiger partial charge in [0, 0.05) is 24.9 Å². The van der Waals surface area contributed by atoms with Crippen molar-refractivity contribution in [1.29, 1.82) is 0 Å². The van der Waals surface area contributed by atoms with Gasteiger partial charge in [-0.05, 0) is 45.7 Å². The Hall–Kier alpha value is -0.130. The van der Waals surface area contributed by atoms with E-state index >= 15 is 0 Å². The lowest BCUT2D eigenvalue weighted by Gasteiger charge is -2.33. The number of hydrogen-bond acceptors (Lipinski definition) is 4. The molecule has 0 bridgehead atoms. The number of rotatable bonds is 5. The lowest BCUT2D eigenvalue weighted by atomic mass is 10.1. The van der Waals surface area contributed by atoms with E-state index in [1.54, 1.807) is 0 Å². The van der Waals surface area contributed by atoms with Gasteiger partial charge in [0.05, 0.1) is 5.25 Å². The van der Waals surface area contributed by atoms with Crippen molar-refractivity contribution >= 4 is 9.84 Å². The van der Waals surface area contributed by atoms with Crippen LogP contribution in [-0.2, 0) is 9.84 Å². The van der Waals surface area contributed by atoms with E-state index in [2.05, 4.69) is 17.1 Å². The highest BCUT2D eigenvalue weighted by Crippen LogP contribution is 2.25. The number of nitrogens with zero attached hydrogens (tertiary/aromatic N) is 1. The quantitative estimate of drug-likeness (QED) is 0.831. The Morgan fingerprint density at radius 3 is 2.47 bits per heavy atom. The Bertz CT molecular complexity index is 377. The van der Waals surface area contributed by atoms with Gasteiger partial charge in [0.1, 0.15) is 0 Å². The summed E-state index contributed by atoms with van der Waals surface area (Å²) < 4.78 is 23.5. The van der Waals surface area contributed by atoms with Crippen LogP contribution in [-0.4, -0.2) is 56.5 Å². The highest BCUT2D eigenvalue weighted by Gasteiger charge is 2.34. The van der Waals surface area contributed by atoms with E-state index in [0.717, 1.165) is 25.8 Å². The Labute approximate surface area is 117 Å². The Balaban J connectivity index is 1.81. The summed E-state index contributed by atoms with van der Waals surface area (Å²) in [6.07, 6.45) is 8.22. The normalized spacial score (nSPS) is 31.5. The van der Waals surface area contributed by atoms with Crippen LogP contribution in [0.3, 0.4) is 0 Å². The van der Waals surface area contributed by atoms with Crippen molar-refractivity contribution in [2.75, 3.05) is 25.9 Å². The molecule has 1 saturated heterocycles. The van der Waals surface area contributed by atoms with E-state index in [0.29, 0.717) is 6.04 Å². The van der Waals surface area contributed by atoms with Gasteiger partial charge in [0.2, 0.25) is 0 Å². The maximum Gasteiger partial charge on any atom is 0.151 e. The van der Waals surface area contributed by atoms with Crippen LogP contribution in [0.1, 0.15) is 45.4 Å². The summed E-state index contributed by atoms with van der Waals surface area (Å²) in [4.78, 5) is 2.53. The van der Waals surface area contributed by atoms with Crippen LogP contribution >= 0.6 is 0 Å². The topological polar surface area (TPSA) is 49.4 Å². The standard InChI is InChI=1S/C14H28N2O2S/c1-12(16-9-4-3-5-10-16)11-15-13-7-6-8-14(13)19(2,17)18/h12-15H,3-11H2,1-2H3. The lowest BCUT2D eigenvalue weighted by molar-refractivity contribution is 0.168. The third-order valence-electron chi connectivity index (χ3n) is 4.69. The molecule has 2 rings (SSSR count). The second-order valence-electron chi connectivity index (χ2n) is 6.26. The molecule has 0 aromatic heterocycles. The van der Waals surface area contributed by atoms with Crippen molar-refractivity contribution in [1.82, 2.24) is 10.2 Å². The van der Waals surface area contributed by atoms with Crippen LogP contribution in [0.25, 0.3) is 0 Å². The van der Waals surface area contributed by atoms with E-state index in [1.807, 2.05) is 0 Å². The van der Waals surface area contributed by atoms with Crippen LogP contribution in [0.2, 0.25) is 0 Å². The van der Waals surface area contributed by atoms with E-state index in [-0.39, 0.29) is 11.3 Å². The van der Waals surface area contributed by atoms with Crippen LogP contribution in [0.5, 0.6) is 0 Å². The Morgan fingerprint density at radius 1 is 1.16 bits per heavy atom. The molecule has 2 fully saturated rings. The zero-order valence-corrected chi connectivity index (χ0v) is 13.1. The SMILES string of the molecule is CC(CNC1CCCC1S(C)(=O)=O)N1CCCCC1. The summed E-state index contributed by atoms with van der Waals surface area (Å²) in [5.74, 6) is 0. The smallest absolute Gasteiger partial charge is 0.151 e. The summed E-state index contributed by atoms with van der Waals surface area (Å²) >= 11 is 0. The van der Waals surface area contributed by atoms with E-state index < -0.39 is 9.84 Å². The minimum absolute atomic E-state index is 0.166. The van der Waals surface area contributed by atoms with E-state index in [1.165, 1.54) is 38.6 Å². The zero-order chi connectivity index (χ0) is 13.9. The fourth-order valence-corrected chi connectivity index (χ4v) is 4.91. The molecule has 3 unspecified atom stereocenters. The molecule has 19 heavy (non-hydrogen) atoms. The number of hydrogen-bond donors (Lipinski definition) is 1. The molecular weight excluding hydrogens is 260 g/mol. The van der Waals surface area contributed by atoms with Crippen LogP contribution < -0.4 is 5.32 Å². The molecule has 1 saturated carbocycles. The first kappa shape index (κ1) is 15.3. The van der Waals surface area contributed by atoms with Gasteiger partial charge in [-0.3, -0.25) is 4.90 Å². The summed E-state index contributed by atoms with van der Waals surface area (Å²) in [5, 5.41) is 3.35. The molecule has 1 aliphatic carbocycles. The molecule has 2 aliphatic rings. The third kappa shape index (κ3) is 4.17. The second-order valence-corrected chi connectivity index (χ2v) is 8.52. The molecule has 1 heterocycles. The van der Waals surface area contributed by atoms with Crippen LogP contribution in [0, 0.1) is 0 Å². The van der Waals surface area contributed by atoms with E-state index in [9.17, 15) is 8.42 Å². The summed E-state index contributed by atoms with van der Waals surface area (Å²) in [7, 11) is -2.90. The van der Waals surface area contributed by atoms with Gasteiger partial charge in [-0.2, -0.15) is 0 Å². The van der Waals surface area contributed by atoms with Crippen molar-refractivity contribution in [3.63, 3.8) is 0 Å². The maximum atomic E-state index is 11.7. The van der Waals surface area contributed by atoms with Crippen molar-refractivity contribution in [3.05, 3.63) is 0 Å². The summed E-state index contributed by atoms with van der Waals surface area (Å²) in [6, 6.07) is 0.684. The molecule has 0 amide bonds. The maximum absolute atomic E-state index is 11.7. The van der Waals surface area contributed by atoms with Crippen molar-refractivity contribution in [2.45, 2.75) is 62.8 Å². The highest BCUT2D eigenvalue weighted by molar-refractivity contribution is 7.91. The first-order valence-corrected chi connectivity index (χ1v) is 9.60. The van der Waals surface area contributed by atoms with Gasteiger partial charge >= 0.3 is 0 Å². The first-order chi connectivity index (χ1) is 8.98. The van der Waals surface area contributed by atoms with E-state index in [4.69, 9.17) is 0 Å². The van der Waals surface area contributed by atoms with Gasteiger partial charge in [0.15, 0.2) is 9.84 Å². The fourth-order valence-electron chi connectivity index (χ4n) is 3.48. The largest absolute Gasteiger partial charge is 0.311 e. The number of likely N-dealkylation sites (tertiary alicyclic amines) is 1. The molecule has 4 nitrogen and oxygen atoms in total. The van der Waals surface area contributed by atoms with Crippen molar-refractivity contribution in [3.8, 4) is 0 Å². The predicted octanol–water partition coefficient (Wildman–Crippen LogP) is 1.42. The van der Waals surface area contributed by atoms with Gasteiger partial charge in [-0.1, -0.05) is 12.8 Å². The molecule has 0 radical (unpaired) electrons. The molecule has 1 aliphatic heterocycles. The molecular formula is C14H28N2O2S. The zero-order valence-electron chi connectivity index (χ0n) is 12.3. The fraction of sp³-hybridized carbons (Fsp3) is 1.00. The molecule has 112 valence electrons. The van der Waals surface area contributed by atoms with Crippen molar-refractivity contribution < 1.29 is 8.42 Å². The summed E-state index contributed by atoms with van der Waals surface area (Å²) in [6.45, 7) is 5.56. The average molecular weight is 288 g/mol. The monoisotopic (exact) mass is 288 g/mol. The summed E-state index contributed by atoms with van der Waals surface area (Å²) in [5.41, 5.74) is 0. The predicted molar refractivity (Wildman–Crippen MR) is 79.2 cm³/mol. The first-order valence-electron chi connectivity index (χ1n) is 7.65. The minimum Gasteiger partial charge on any atom is -0.311 e.